The van der Waals surface area contributed by atoms with Gasteiger partial charge in [-0.3, -0.25) is 4.84 Å². The van der Waals surface area contributed by atoms with Gasteiger partial charge in [0.2, 0.25) is 0 Å². The number of hydrogen-bond donors (Lipinski definition) is 0. The highest BCUT2D eigenvalue weighted by Gasteiger charge is 2.41. The first-order valence-corrected chi connectivity index (χ1v) is 9.30. The summed E-state index contributed by atoms with van der Waals surface area (Å²) in [5, 5.41) is 5.34. The van der Waals surface area contributed by atoms with Crippen LogP contribution in [0.3, 0.4) is 0 Å². The van der Waals surface area contributed by atoms with Gasteiger partial charge in [0, 0.05) is 27.7 Å². The summed E-state index contributed by atoms with van der Waals surface area (Å²) in [5.74, 6) is 0. The lowest BCUT2D eigenvalue weighted by Gasteiger charge is -2.32. The highest BCUT2D eigenvalue weighted by molar-refractivity contribution is 9.10. The number of halogens is 2. The van der Waals surface area contributed by atoms with Crippen molar-refractivity contribution in [3.63, 3.8) is 0 Å². The Bertz CT molecular complexity index is 958. The molecule has 4 heteroatoms. The van der Waals surface area contributed by atoms with E-state index in [9.17, 15) is 0 Å². The van der Waals surface area contributed by atoms with Crippen LogP contribution in [-0.2, 0) is 11.3 Å². The summed E-state index contributed by atoms with van der Waals surface area (Å²) < 4.78 is 1.15. The van der Waals surface area contributed by atoms with Crippen LogP contribution in [0.1, 0.15) is 23.6 Å². The molecule has 0 aliphatic carbocycles. The molecule has 1 fully saturated rings. The van der Waals surface area contributed by atoms with E-state index in [1.807, 2.05) is 18.2 Å². The molecule has 120 valence electrons. The van der Waals surface area contributed by atoms with Crippen molar-refractivity contribution in [2.24, 2.45) is 0 Å². The Balaban J connectivity index is 1.73. The number of benzene rings is 3. The third-order valence-corrected chi connectivity index (χ3v) is 6.01. The lowest BCUT2D eigenvalue weighted by molar-refractivity contribution is 0.0741. The van der Waals surface area contributed by atoms with Crippen molar-refractivity contribution in [1.82, 2.24) is 0 Å². The van der Waals surface area contributed by atoms with Crippen molar-refractivity contribution in [1.29, 1.82) is 0 Å². The number of anilines is 1. The predicted molar refractivity (Wildman–Crippen MR) is 102 cm³/mol. The molecule has 3 aromatic carbocycles. The molecule has 0 saturated carbocycles. The zero-order valence-corrected chi connectivity index (χ0v) is 15.2. The maximum atomic E-state index is 6.48. The smallest absolute Gasteiger partial charge is 0.0921 e. The van der Waals surface area contributed by atoms with Crippen LogP contribution in [0.4, 0.5) is 5.69 Å². The van der Waals surface area contributed by atoms with E-state index in [1.165, 1.54) is 22.0 Å². The van der Waals surface area contributed by atoms with E-state index in [0.717, 1.165) is 27.9 Å². The van der Waals surface area contributed by atoms with Crippen molar-refractivity contribution in [3.8, 4) is 0 Å². The van der Waals surface area contributed by atoms with Gasteiger partial charge in [-0.1, -0.05) is 70.0 Å². The molecule has 24 heavy (non-hydrogen) atoms. The van der Waals surface area contributed by atoms with Crippen molar-refractivity contribution in [2.75, 3.05) is 5.06 Å². The number of fused-ring (bicyclic) bond motifs is 6. The van der Waals surface area contributed by atoms with Crippen LogP contribution < -0.4 is 5.06 Å². The first-order valence-electron chi connectivity index (χ1n) is 8.13. The highest BCUT2D eigenvalue weighted by Crippen LogP contribution is 2.49. The van der Waals surface area contributed by atoms with E-state index < -0.39 is 0 Å². The van der Waals surface area contributed by atoms with E-state index in [0.29, 0.717) is 0 Å². The highest BCUT2D eigenvalue weighted by atomic mass is 79.9. The van der Waals surface area contributed by atoms with Gasteiger partial charge in [-0.15, -0.1) is 0 Å². The molecule has 0 spiro atoms. The molecule has 2 nitrogen and oxygen atoms in total. The second-order valence-electron chi connectivity index (χ2n) is 6.44. The third-order valence-electron chi connectivity index (χ3n) is 5.01. The minimum absolute atomic E-state index is 0.162. The Morgan fingerprint density at radius 3 is 2.62 bits per heavy atom. The van der Waals surface area contributed by atoms with Gasteiger partial charge >= 0.3 is 0 Å². The molecule has 5 rings (SSSR count). The Labute approximate surface area is 154 Å². The summed E-state index contributed by atoms with van der Waals surface area (Å²) in [7, 11) is 0. The van der Waals surface area contributed by atoms with Gasteiger partial charge in [-0.25, -0.2) is 5.06 Å². The monoisotopic (exact) mass is 399 g/mol. The van der Waals surface area contributed by atoms with E-state index in [2.05, 4.69) is 57.4 Å². The zero-order chi connectivity index (χ0) is 16.3. The molecule has 0 radical (unpaired) electrons. The summed E-state index contributed by atoms with van der Waals surface area (Å²) in [4.78, 5) is 6.25. The van der Waals surface area contributed by atoms with Crippen LogP contribution in [-0.4, -0.2) is 6.10 Å². The van der Waals surface area contributed by atoms with Crippen LogP contribution >= 0.6 is 27.5 Å². The van der Waals surface area contributed by atoms with E-state index in [1.54, 1.807) is 0 Å². The average molecular weight is 401 g/mol. The van der Waals surface area contributed by atoms with Gasteiger partial charge in [0.15, 0.2) is 0 Å². The van der Waals surface area contributed by atoms with Crippen LogP contribution in [0, 0.1) is 0 Å². The summed E-state index contributed by atoms with van der Waals surface area (Å²) in [6, 6.07) is 19.0. The minimum atomic E-state index is 0.162. The average Bonchev–Trinajstić information content (AvgIpc) is 2.92. The molecule has 2 bridgehead atoms. The SMILES string of the molecule is Clc1ccccc1[C@H]1C[C@@H]2Cc3cc(Br)c4ccccc4c3N1O2. The first-order chi connectivity index (χ1) is 11.7. The molecule has 2 heterocycles. The molecule has 3 aromatic rings. The number of rotatable bonds is 1. The molecule has 0 N–H and O–H groups in total. The molecule has 0 unspecified atom stereocenters. The molecule has 0 amide bonds. The summed E-state index contributed by atoms with van der Waals surface area (Å²) in [6.45, 7) is 0. The van der Waals surface area contributed by atoms with E-state index in [-0.39, 0.29) is 12.1 Å². The van der Waals surface area contributed by atoms with Crippen molar-refractivity contribution < 1.29 is 4.84 Å². The van der Waals surface area contributed by atoms with Crippen molar-refractivity contribution >= 4 is 44.0 Å². The third kappa shape index (κ3) is 2.12. The Morgan fingerprint density at radius 1 is 1.04 bits per heavy atom. The second kappa shape index (κ2) is 5.48. The maximum Gasteiger partial charge on any atom is 0.0921 e. The van der Waals surface area contributed by atoms with Crippen molar-refractivity contribution in [3.05, 3.63) is 75.2 Å². The lowest BCUT2D eigenvalue weighted by atomic mass is 9.99. The summed E-state index contributed by atoms with van der Waals surface area (Å²) >= 11 is 10.2. The van der Waals surface area contributed by atoms with Gasteiger partial charge in [-0.2, -0.15) is 0 Å². The molecule has 1 saturated heterocycles. The zero-order valence-electron chi connectivity index (χ0n) is 12.9. The standard InChI is InChI=1S/C20H15BrClNO/c21-17-10-12-9-13-11-19(16-7-3-4-8-18(16)22)23(24-13)20(12)15-6-2-1-5-14(15)17/h1-8,10,13,19H,9,11H2/t13-,19+/m0/s1. The van der Waals surface area contributed by atoms with Gasteiger partial charge in [0.1, 0.15) is 0 Å². The van der Waals surface area contributed by atoms with Crippen LogP contribution in [0.15, 0.2) is 59.1 Å². The van der Waals surface area contributed by atoms with Gasteiger partial charge in [-0.05, 0) is 28.6 Å². The second-order valence-corrected chi connectivity index (χ2v) is 7.70. The van der Waals surface area contributed by atoms with Gasteiger partial charge in [0.25, 0.3) is 0 Å². The number of nitrogens with zero attached hydrogens (tertiary/aromatic N) is 1. The topological polar surface area (TPSA) is 12.5 Å². The van der Waals surface area contributed by atoms with Gasteiger partial charge < -0.3 is 0 Å². The fraction of sp³-hybridized carbons (Fsp3) is 0.200. The maximum absolute atomic E-state index is 6.48. The van der Waals surface area contributed by atoms with E-state index >= 15 is 0 Å². The Morgan fingerprint density at radius 2 is 1.79 bits per heavy atom. The fourth-order valence-electron chi connectivity index (χ4n) is 3.98. The van der Waals surface area contributed by atoms with Crippen LogP contribution in [0.2, 0.25) is 5.02 Å². The molecule has 0 aromatic heterocycles. The molecule has 2 atom stereocenters. The molecule has 2 aliphatic heterocycles. The van der Waals surface area contributed by atoms with Crippen LogP contribution in [0.25, 0.3) is 10.8 Å². The number of hydrogen-bond acceptors (Lipinski definition) is 2. The van der Waals surface area contributed by atoms with E-state index in [4.69, 9.17) is 16.4 Å². The summed E-state index contributed by atoms with van der Waals surface area (Å²) in [6.07, 6.45) is 2.12. The fourth-order valence-corrected chi connectivity index (χ4v) is 4.86. The number of hydroxylamine groups is 1. The quantitative estimate of drug-likeness (QED) is 0.492. The minimum Gasteiger partial charge on any atom is -0.269 e. The lowest BCUT2D eigenvalue weighted by Crippen LogP contribution is -2.28. The van der Waals surface area contributed by atoms with Gasteiger partial charge in [0.05, 0.1) is 17.8 Å². The molecular formula is C20H15BrClNO. The largest absolute Gasteiger partial charge is 0.269 e. The van der Waals surface area contributed by atoms with Crippen molar-refractivity contribution in [2.45, 2.75) is 25.0 Å². The Kier molecular flexibility index (Phi) is 3.37. The predicted octanol–water partition coefficient (Wildman–Crippen LogP) is 6.06. The Hall–Kier alpha value is -1.55. The first kappa shape index (κ1) is 14.8. The van der Waals surface area contributed by atoms with Crippen LogP contribution in [0.5, 0.6) is 0 Å². The molecule has 2 aliphatic rings. The summed E-state index contributed by atoms with van der Waals surface area (Å²) in [5.41, 5.74) is 3.67. The molecular weight excluding hydrogens is 386 g/mol. The normalized spacial score (nSPS) is 22.0.